The summed E-state index contributed by atoms with van der Waals surface area (Å²) in [6.07, 6.45) is 2.83. The standard InChI is InChI=1S/C13H17BrN2O/c1-13(7-3-6-11(13)15)12(17)16-10-5-2-4-9(14)8-10/h2,4-5,8,11H,3,6-7,15H2,1H3,(H,16,17). The van der Waals surface area contributed by atoms with Crippen LogP contribution in [0.25, 0.3) is 0 Å². The highest BCUT2D eigenvalue weighted by Gasteiger charge is 2.42. The van der Waals surface area contributed by atoms with Crippen LogP contribution in [0.1, 0.15) is 26.2 Å². The second kappa shape index (κ2) is 4.78. The number of hydrogen-bond donors (Lipinski definition) is 2. The largest absolute Gasteiger partial charge is 0.327 e. The number of nitrogens with two attached hydrogens (primary N) is 1. The number of anilines is 1. The van der Waals surface area contributed by atoms with Gasteiger partial charge in [-0.15, -0.1) is 0 Å². The van der Waals surface area contributed by atoms with Gasteiger partial charge in [0.2, 0.25) is 5.91 Å². The van der Waals surface area contributed by atoms with Gasteiger partial charge in [-0.25, -0.2) is 0 Å². The third-order valence-corrected chi connectivity index (χ3v) is 4.12. The summed E-state index contributed by atoms with van der Waals surface area (Å²) in [7, 11) is 0. The zero-order valence-corrected chi connectivity index (χ0v) is 11.5. The van der Waals surface area contributed by atoms with Crippen molar-refractivity contribution in [3.8, 4) is 0 Å². The molecule has 3 nitrogen and oxygen atoms in total. The Morgan fingerprint density at radius 1 is 1.59 bits per heavy atom. The number of rotatable bonds is 2. The van der Waals surface area contributed by atoms with E-state index in [2.05, 4.69) is 21.2 Å². The van der Waals surface area contributed by atoms with Crippen LogP contribution in [0.5, 0.6) is 0 Å². The average molecular weight is 297 g/mol. The van der Waals surface area contributed by atoms with Gasteiger partial charge in [0.15, 0.2) is 0 Å². The lowest BCUT2D eigenvalue weighted by atomic mass is 9.84. The first-order chi connectivity index (χ1) is 8.02. The summed E-state index contributed by atoms with van der Waals surface area (Å²) in [5, 5.41) is 2.95. The van der Waals surface area contributed by atoms with E-state index in [1.54, 1.807) is 0 Å². The smallest absolute Gasteiger partial charge is 0.231 e. The van der Waals surface area contributed by atoms with E-state index in [0.29, 0.717) is 0 Å². The van der Waals surface area contributed by atoms with Gasteiger partial charge in [0.05, 0.1) is 5.41 Å². The zero-order valence-electron chi connectivity index (χ0n) is 9.87. The Labute approximate surface area is 110 Å². The van der Waals surface area contributed by atoms with E-state index >= 15 is 0 Å². The Bertz CT molecular complexity index is 435. The monoisotopic (exact) mass is 296 g/mol. The summed E-state index contributed by atoms with van der Waals surface area (Å²) in [5.74, 6) is 0.0283. The van der Waals surface area contributed by atoms with Crippen molar-refractivity contribution in [3.63, 3.8) is 0 Å². The van der Waals surface area contributed by atoms with Crippen LogP contribution in [0.2, 0.25) is 0 Å². The van der Waals surface area contributed by atoms with Crippen LogP contribution in [0.3, 0.4) is 0 Å². The Morgan fingerprint density at radius 2 is 2.35 bits per heavy atom. The Hall–Kier alpha value is -0.870. The fraction of sp³-hybridized carbons (Fsp3) is 0.462. The minimum absolute atomic E-state index is 0.0283. The number of halogens is 1. The van der Waals surface area contributed by atoms with Crippen LogP contribution in [-0.2, 0) is 4.79 Å². The summed E-state index contributed by atoms with van der Waals surface area (Å²) in [4.78, 5) is 12.3. The zero-order chi connectivity index (χ0) is 12.5. The molecule has 1 aliphatic carbocycles. The van der Waals surface area contributed by atoms with E-state index in [1.807, 2.05) is 31.2 Å². The molecule has 1 saturated carbocycles. The van der Waals surface area contributed by atoms with Crippen molar-refractivity contribution >= 4 is 27.5 Å². The molecule has 17 heavy (non-hydrogen) atoms. The Balaban J connectivity index is 2.12. The lowest BCUT2D eigenvalue weighted by Crippen LogP contribution is -2.44. The van der Waals surface area contributed by atoms with Crippen LogP contribution >= 0.6 is 15.9 Å². The van der Waals surface area contributed by atoms with Crippen LogP contribution in [0, 0.1) is 5.41 Å². The van der Waals surface area contributed by atoms with Crippen LogP contribution in [0.15, 0.2) is 28.7 Å². The molecule has 92 valence electrons. The Morgan fingerprint density at radius 3 is 2.94 bits per heavy atom. The van der Waals surface area contributed by atoms with Gasteiger partial charge in [-0.1, -0.05) is 28.4 Å². The van der Waals surface area contributed by atoms with Crippen molar-refractivity contribution in [2.24, 2.45) is 11.1 Å². The van der Waals surface area contributed by atoms with E-state index in [1.165, 1.54) is 0 Å². The number of hydrogen-bond acceptors (Lipinski definition) is 2. The van der Waals surface area contributed by atoms with Gasteiger partial charge in [0.25, 0.3) is 0 Å². The van der Waals surface area contributed by atoms with E-state index < -0.39 is 5.41 Å². The number of nitrogens with one attached hydrogen (secondary N) is 1. The molecule has 0 bridgehead atoms. The molecule has 1 amide bonds. The lowest BCUT2D eigenvalue weighted by molar-refractivity contribution is -0.125. The second-order valence-electron chi connectivity index (χ2n) is 4.88. The fourth-order valence-electron chi connectivity index (χ4n) is 2.32. The number of amides is 1. The Kier molecular flexibility index (Phi) is 3.54. The molecular weight excluding hydrogens is 280 g/mol. The minimum atomic E-state index is -0.428. The molecule has 2 atom stereocenters. The first-order valence-corrected chi connectivity index (χ1v) is 6.64. The highest BCUT2D eigenvalue weighted by Crippen LogP contribution is 2.37. The molecule has 1 aliphatic rings. The molecule has 3 N–H and O–H groups in total. The molecule has 4 heteroatoms. The molecule has 0 saturated heterocycles. The number of carbonyl (C=O) groups excluding carboxylic acids is 1. The van der Waals surface area contributed by atoms with E-state index in [0.717, 1.165) is 29.4 Å². The van der Waals surface area contributed by atoms with Crippen molar-refractivity contribution in [3.05, 3.63) is 28.7 Å². The highest BCUT2D eigenvalue weighted by molar-refractivity contribution is 9.10. The molecule has 0 heterocycles. The average Bonchev–Trinajstić information content (AvgIpc) is 2.60. The van der Waals surface area contributed by atoms with Crippen LogP contribution < -0.4 is 11.1 Å². The third-order valence-electron chi connectivity index (χ3n) is 3.63. The van der Waals surface area contributed by atoms with Gasteiger partial charge in [-0.3, -0.25) is 4.79 Å². The summed E-state index contributed by atoms with van der Waals surface area (Å²) in [6, 6.07) is 7.57. The predicted molar refractivity (Wildman–Crippen MR) is 72.7 cm³/mol. The maximum absolute atomic E-state index is 12.3. The number of benzene rings is 1. The van der Waals surface area contributed by atoms with E-state index in [-0.39, 0.29) is 11.9 Å². The van der Waals surface area contributed by atoms with Crippen molar-refractivity contribution in [1.82, 2.24) is 0 Å². The third kappa shape index (κ3) is 2.53. The van der Waals surface area contributed by atoms with Gasteiger partial charge in [0, 0.05) is 16.2 Å². The normalized spacial score (nSPS) is 28.1. The molecule has 0 aliphatic heterocycles. The highest BCUT2D eigenvalue weighted by atomic mass is 79.9. The van der Waals surface area contributed by atoms with Gasteiger partial charge < -0.3 is 11.1 Å². The van der Waals surface area contributed by atoms with Crippen molar-refractivity contribution in [2.45, 2.75) is 32.2 Å². The van der Waals surface area contributed by atoms with E-state index in [9.17, 15) is 4.79 Å². The van der Waals surface area contributed by atoms with Gasteiger partial charge in [0.1, 0.15) is 0 Å². The first kappa shape index (κ1) is 12.6. The van der Waals surface area contributed by atoms with Crippen molar-refractivity contribution < 1.29 is 4.79 Å². The van der Waals surface area contributed by atoms with Crippen molar-refractivity contribution in [2.75, 3.05) is 5.32 Å². The molecule has 2 unspecified atom stereocenters. The first-order valence-electron chi connectivity index (χ1n) is 5.85. The second-order valence-corrected chi connectivity index (χ2v) is 5.80. The van der Waals surface area contributed by atoms with Gasteiger partial charge in [-0.2, -0.15) is 0 Å². The van der Waals surface area contributed by atoms with Crippen molar-refractivity contribution in [1.29, 1.82) is 0 Å². The van der Waals surface area contributed by atoms with Gasteiger partial charge >= 0.3 is 0 Å². The molecule has 2 rings (SSSR count). The maximum atomic E-state index is 12.3. The number of carbonyl (C=O) groups is 1. The molecule has 1 aromatic rings. The minimum Gasteiger partial charge on any atom is -0.327 e. The molecule has 1 fully saturated rings. The van der Waals surface area contributed by atoms with Gasteiger partial charge in [-0.05, 0) is 38.0 Å². The predicted octanol–water partition coefficient (Wildman–Crippen LogP) is 2.91. The quantitative estimate of drug-likeness (QED) is 0.882. The summed E-state index contributed by atoms with van der Waals surface area (Å²) in [6.45, 7) is 1.96. The molecule has 0 aromatic heterocycles. The summed E-state index contributed by atoms with van der Waals surface area (Å²) < 4.78 is 0.955. The molecule has 1 aromatic carbocycles. The van der Waals surface area contributed by atoms with Crippen LogP contribution in [0.4, 0.5) is 5.69 Å². The summed E-state index contributed by atoms with van der Waals surface area (Å²) in [5.41, 5.74) is 6.41. The summed E-state index contributed by atoms with van der Waals surface area (Å²) >= 11 is 3.38. The molecule has 0 spiro atoms. The molecular formula is C13H17BrN2O. The maximum Gasteiger partial charge on any atom is 0.231 e. The fourth-order valence-corrected chi connectivity index (χ4v) is 2.71. The molecule has 0 radical (unpaired) electrons. The van der Waals surface area contributed by atoms with E-state index in [4.69, 9.17) is 5.73 Å². The lowest BCUT2D eigenvalue weighted by Gasteiger charge is -2.27. The van der Waals surface area contributed by atoms with Crippen LogP contribution in [-0.4, -0.2) is 11.9 Å². The SMILES string of the molecule is CC1(C(=O)Nc2cccc(Br)c2)CCCC1N. The topological polar surface area (TPSA) is 55.1 Å².